The molecule has 5 heteroatoms. The number of aliphatic hydroxyl groups excluding tert-OH is 1. The van der Waals surface area contributed by atoms with Gasteiger partial charge in [0.2, 0.25) is 0 Å². The second-order valence-corrected chi connectivity index (χ2v) is 8.32. The van der Waals surface area contributed by atoms with Gasteiger partial charge in [0, 0.05) is 16.1 Å². The highest BCUT2D eigenvalue weighted by Crippen LogP contribution is 2.43. The Morgan fingerprint density at radius 1 is 0.966 bits per heavy atom. The van der Waals surface area contributed by atoms with Gasteiger partial charge in [0.15, 0.2) is 0 Å². The molecule has 1 atom stereocenters. The monoisotopic (exact) mass is 403 g/mol. The number of carbonyl (C=O) groups excluding carboxylic acids is 2. The number of Topliss-reactive ketones (excluding diaryl/α,β-unsaturated/α-hetero) is 1. The molecule has 0 bridgehead atoms. The molecule has 1 aromatic heterocycles. The highest BCUT2D eigenvalue weighted by Gasteiger charge is 2.47. The van der Waals surface area contributed by atoms with Crippen LogP contribution in [0.4, 0.5) is 5.69 Å². The van der Waals surface area contributed by atoms with Crippen molar-refractivity contribution in [1.29, 1.82) is 0 Å². The van der Waals surface area contributed by atoms with Crippen molar-refractivity contribution in [2.24, 2.45) is 0 Å². The molecule has 0 radical (unpaired) electrons. The van der Waals surface area contributed by atoms with Gasteiger partial charge in [0.25, 0.3) is 11.7 Å². The highest BCUT2D eigenvalue weighted by atomic mass is 32.1. The van der Waals surface area contributed by atoms with Crippen LogP contribution in [0.15, 0.2) is 65.6 Å². The molecule has 0 aliphatic carbocycles. The van der Waals surface area contributed by atoms with Crippen molar-refractivity contribution < 1.29 is 14.7 Å². The third-order valence-corrected chi connectivity index (χ3v) is 6.14. The van der Waals surface area contributed by atoms with E-state index in [-0.39, 0.29) is 11.3 Å². The molecule has 4 nitrogen and oxygen atoms in total. The molecule has 29 heavy (non-hydrogen) atoms. The van der Waals surface area contributed by atoms with E-state index >= 15 is 0 Å². The number of thiophene rings is 1. The molecule has 4 rings (SSSR count). The van der Waals surface area contributed by atoms with E-state index in [0.717, 1.165) is 21.6 Å². The SMILES string of the molecule is Cc1ccc(N2C(=O)C(=O)/C(=C(\O)c3cc(C)ccc3C)C2c2cccs2)cc1. The van der Waals surface area contributed by atoms with E-state index in [0.29, 0.717) is 11.3 Å². The maximum absolute atomic E-state index is 13.1. The van der Waals surface area contributed by atoms with Gasteiger partial charge in [0.1, 0.15) is 11.8 Å². The van der Waals surface area contributed by atoms with Crippen molar-refractivity contribution in [2.75, 3.05) is 4.90 Å². The first-order valence-corrected chi connectivity index (χ1v) is 10.2. The Bertz CT molecular complexity index is 1130. The van der Waals surface area contributed by atoms with E-state index in [2.05, 4.69) is 0 Å². The molecular formula is C24H21NO3S. The average Bonchev–Trinajstić information content (AvgIpc) is 3.31. The molecule has 0 saturated carbocycles. The topological polar surface area (TPSA) is 57.6 Å². The molecule has 146 valence electrons. The second kappa shape index (κ2) is 7.33. The first kappa shape index (κ1) is 19.2. The van der Waals surface area contributed by atoms with Gasteiger partial charge in [-0.3, -0.25) is 14.5 Å². The Hall–Kier alpha value is -3.18. The minimum absolute atomic E-state index is 0.127. The average molecular weight is 404 g/mol. The van der Waals surface area contributed by atoms with Gasteiger partial charge in [-0.15, -0.1) is 11.3 Å². The summed E-state index contributed by atoms with van der Waals surface area (Å²) in [6.07, 6.45) is 0. The van der Waals surface area contributed by atoms with Crippen LogP contribution in [0.3, 0.4) is 0 Å². The third-order valence-electron chi connectivity index (χ3n) is 5.22. The van der Waals surface area contributed by atoms with Crippen LogP contribution < -0.4 is 4.90 Å². The Balaban J connectivity index is 1.95. The minimum Gasteiger partial charge on any atom is -0.507 e. The molecule has 1 unspecified atom stereocenters. The van der Waals surface area contributed by atoms with Gasteiger partial charge in [0.05, 0.1) is 5.57 Å². The lowest BCUT2D eigenvalue weighted by molar-refractivity contribution is -0.132. The zero-order valence-corrected chi connectivity index (χ0v) is 17.3. The summed E-state index contributed by atoms with van der Waals surface area (Å²) in [6, 6.07) is 16.3. The van der Waals surface area contributed by atoms with Gasteiger partial charge in [-0.05, 0) is 56.0 Å². The normalized spacial score (nSPS) is 18.4. The predicted octanol–water partition coefficient (Wildman–Crippen LogP) is 5.30. The number of amides is 1. The summed E-state index contributed by atoms with van der Waals surface area (Å²) in [5, 5.41) is 13.1. The molecule has 1 aliphatic rings. The fourth-order valence-corrected chi connectivity index (χ4v) is 4.48. The van der Waals surface area contributed by atoms with Gasteiger partial charge in [-0.2, -0.15) is 0 Å². The Kier molecular flexibility index (Phi) is 4.84. The predicted molar refractivity (Wildman–Crippen MR) is 116 cm³/mol. The number of aliphatic hydroxyl groups is 1. The van der Waals surface area contributed by atoms with E-state index in [4.69, 9.17) is 0 Å². The molecule has 1 amide bonds. The smallest absolute Gasteiger partial charge is 0.300 e. The molecule has 1 N–H and O–H groups in total. The van der Waals surface area contributed by atoms with E-state index < -0.39 is 17.7 Å². The first-order chi connectivity index (χ1) is 13.9. The van der Waals surface area contributed by atoms with Crippen LogP contribution in [0.1, 0.15) is 33.2 Å². The van der Waals surface area contributed by atoms with Crippen molar-refractivity contribution >= 4 is 34.5 Å². The van der Waals surface area contributed by atoms with Crippen molar-refractivity contribution in [3.8, 4) is 0 Å². The van der Waals surface area contributed by atoms with Crippen molar-refractivity contribution in [2.45, 2.75) is 26.8 Å². The van der Waals surface area contributed by atoms with E-state index in [1.54, 1.807) is 0 Å². The summed E-state index contributed by atoms with van der Waals surface area (Å²) in [5.74, 6) is -1.42. The van der Waals surface area contributed by atoms with Gasteiger partial charge in [-0.25, -0.2) is 0 Å². The molecule has 1 fully saturated rings. The molecule has 0 spiro atoms. The summed E-state index contributed by atoms with van der Waals surface area (Å²) in [7, 11) is 0. The van der Waals surface area contributed by atoms with Crippen molar-refractivity contribution in [3.63, 3.8) is 0 Å². The number of hydrogen-bond donors (Lipinski definition) is 1. The number of aryl methyl sites for hydroxylation is 3. The van der Waals surface area contributed by atoms with Gasteiger partial charge in [-0.1, -0.05) is 41.5 Å². The lowest BCUT2D eigenvalue weighted by Gasteiger charge is -2.24. The molecule has 3 aromatic rings. The molecule has 1 aliphatic heterocycles. The quantitative estimate of drug-likeness (QED) is 0.367. The number of anilines is 1. The Morgan fingerprint density at radius 3 is 2.31 bits per heavy atom. The second-order valence-electron chi connectivity index (χ2n) is 7.34. The van der Waals surface area contributed by atoms with Crippen LogP contribution in [0.2, 0.25) is 0 Å². The van der Waals surface area contributed by atoms with Gasteiger partial charge < -0.3 is 5.11 Å². The van der Waals surface area contributed by atoms with Crippen LogP contribution in [-0.4, -0.2) is 16.8 Å². The Labute approximate surface area is 173 Å². The highest BCUT2D eigenvalue weighted by molar-refractivity contribution is 7.10. The summed E-state index contributed by atoms with van der Waals surface area (Å²) in [6.45, 7) is 5.78. The largest absolute Gasteiger partial charge is 0.507 e. The first-order valence-electron chi connectivity index (χ1n) is 9.37. The maximum Gasteiger partial charge on any atom is 0.300 e. The maximum atomic E-state index is 13.1. The van der Waals surface area contributed by atoms with Crippen LogP contribution in [-0.2, 0) is 9.59 Å². The molecular weight excluding hydrogens is 382 g/mol. The standard InChI is InChI=1S/C24H21NO3S/c1-14-7-10-17(11-8-14)25-21(19-5-4-12-29-19)20(23(27)24(25)28)22(26)18-13-15(2)6-9-16(18)3/h4-13,21,26H,1-3H3/b22-20-. The summed E-state index contributed by atoms with van der Waals surface area (Å²) >= 11 is 1.46. The number of benzene rings is 2. The number of carbonyl (C=O) groups is 2. The van der Waals surface area contributed by atoms with Crippen molar-refractivity contribution in [1.82, 2.24) is 0 Å². The Morgan fingerprint density at radius 2 is 1.66 bits per heavy atom. The molecule has 2 aromatic carbocycles. The van der Waals surface area contributed by atoms with Crippen LogP contribution in [0.25, 0.3) is 5.76 Å². The molecule has 1 saturated heterocycles. The fraction of sp³-hybridized carbons (Fsp3) is 0.167. The summed E-state index contributed by atoms with van der Waals surface area (Å²) in [4.78, 5) is 28.4. The lowest BCUT2D eigenvalue weighted by atomic mass is 9.96. The van der Waals surface area contributed by atoms with Crippen LogP contribution in [0, 0.1) is 20.8 Å². The summed E-state index contributed by atoms with van der Waals surface area (Å²) in [5.41, 5.74) is 4.22. The number of ketones is 1. The number of rotatable bonds is 3. The lowest BCUT2D eigenvalue weighted by Crippen LogP contribution is -2.29. The van der Waals surface area contributed by atoms with Gasteiger partial charge >= 0.3 is 0 Å². The van der Waals surface area contributed by atoms with E-state index in [9.17, 15) is 14.7 Å². The minimum atomic E-state index is -0.664. The number of nitrogens with zero attached hydrogens (tertiary/aromatic N) is 1. The van der Waals surface area contributed by atoms with Crippen LogP contribution >= 0.6 is 11.3 Å². The third kappa shape index (κ3) is 3.28. The van der Waals surface area contributed by atoms with E-state index in [1.165, 1.54) is 16.2 Å². The van der Waals surface area contributed by atoms with E-state index in [1.807, 2.05) is 80.7 Å². The zero-order valence-electron chi connectivity index (χ0n) is 16.5. The zero-order chi connectivity index (χ0) is 20.7. The van der Waals surface area contributed by atoms with Crippen molar-refractivity contribution in [3.05, 3.63) is 92.7 Å². The van der Waals surface area contributed by atoms with Crippen LogP contribution in [0.5, 0.6) is 0 Å². The fourth-order valence-electron chi connectivity index (χ4n) is 3.66. The number of hydrogen-bond acceptors (Lipinski definition) is 4. The molecule has 2 heterocycles. The summed E-state index contributed by atoms with van der Waals surface area (Å²) < 4.78 is 0.